The molecule has 1 saturated carbocycles. The van der Waals surface area contributed by atoms with E-state index in [0.29, 0.717) is 6.54 Å². The standard InChI is InChI=1S/C19H20N2O4/c22-15-9-13(10-21(15)14-4-2-1-3-5-14)20-18(23)16-11-6-7-12(8-11)17(16)19(24)25/h1-7,11-13,16-17H,8-10H2,(H,20,23)(H,24,25). The minimum Gasteiger partial charge on any atom is -0.481 e. The zero-order valence-electron chi connectivity index (χ0n) is 13.7. The summed E-state index contributed by atoms with van der Waals surface area (Å²) in [5.74, 6) is -2.43. The van der Waals surface area contributed by atoms with E-state index < -0.39 is 17.8 Å². The Bertz CT molecular complexity index is 745. The van der Waals surface area contributed by atoms with Crippen molar-refractivity contribution >= 4 is 23.5 Å². The number of carboxylic acid groups (broad SMARTS) is 1. The molecule has 5 unspecified atom stereocenters. The molecule has 6 heteroatoms. The molecule has 130 valence electrons. The Labute approximate surface area is 145 Å². The van der Waals surface area contributed by atoms with Gasteiger partial charge in [0.2, 0.25) is 11.8 Å². The molecule has 2 bridgehead atoms. The molecular weight excluding hydrogens is 320 g/mol. The highest BCUT2D eigenvalue weighted by Gasteiger charge is 2.52. The Kier molecular flexibility index (Phi) is 3.82. The molecule has 3 aliphatic rings. The third-order valence-corrected chi connectivity index (χ3v) is 5.59. The number of para-hydroxylation sites is 1. The number of nitrogens with zero attached hydrogens (tertiary/aromatic N) is 1. The molecule has 2 amide bonds. The van der Waals surface area contributed by atoms with Gasteiger partial charge in [-0.25, -0.2) is 0 Å². The van der Waals surface area contributed by atoms with E-state index in [-0.39, 0.29) is 36.1 Å². The van der Waals surface area contributed by atoms with Gasteiger partial charge >= 0.3 is 5.97 Å². The van der Waals surface area contributed by atoms with Gasteiger partial charge in [0.1, 0.15) is 0 Å². The van der Waals surface area contributed by atoms with Crippen molar-refractivity contribution in [2.75, 3.05) is 11.4 Å². The quantitative estimate of drug-likeness (QED) is 0.812. The average Bonchev–Trinajstić information content (AvgIpc) is 3.29. The largest absolute Gasteiger partial charge is 0.481 e. The van der Waals surface area contributed by atoms with Gasteiger partial charge in [0.25, 0.3) is 0 Å². The van der Waals surface area contributed by atoms with Crippen LogP contribution in [0.5, 0.6) is 0 Å². The number of carbonyl (C=O) groups excluding carboxylic acids is 2. The number of benzene rings is 1. The Balaban J connectivity index is 1.44. The molecule has 0 radical (unpaired) electrons. The third-order valence-electron chi connectivity index (χ3n) is 5.59. The number of carboxylic acids is 1. The number of carbonyl (C=O) groups is 3. The van der Waals surface area contributed by atoms with Crippen LogP contribution in [0, 0.1) is 23.7 Å². The van der Waals surface area contributed by atoms with Gasteiger partial charge in [0.15, 0.2) is 0 Å². The third kappa shape index (κ3) is 2.71. The Morgan fingerprint density at radius 2 is 1.76 bits per heavy atom. The molecule has 1 heterocycles. The maximum Gasteiger partial charge on any atom is 0.307 e. The van der Waals surface area contributed by atoms with E-state index in [1.54, 1.807) is 4.90 Å². The van der Waals surface area contributed by atoms with Gasteiger partial charge in [-0.2, -0.15) is 0 Å². The number of hydrogen-bond acceptors (Lipinski definition) is 3. The van der Waals surface area contributed by atoms with E-state index >= 15 is 0 Å². The molecule has 25 heavy (non-hydrogen) atoms. The summed E-state index contributed by atoms with van der Waals surface area (Å²) >= 11 is 0. The Morgan fingerprint density at radius 3 is 2.44 bits per heavy atom. The highest BCUT2D eigenvalue weighted by Crippen LogP contribution is 2.48. The van der Waals surface area contributed by atoms with Crippen molar-refractivity contribution in [1.29, 1.82) is 0 Å². The molecule has 2 N–H and O–H groups in total. The first-order valence-electron chi connectivity index (χ1n) is 8.61. The van der Waals surface area contributed by atoms with E-state index in [1.807, 2.05) is 42.5 Å². The predicted octanol–water partition coefficient (Wildman–Crippen LogP) is 1.43. The molecule has 1 saturated heterocycles. The van der Waals surface area contributed by atoms with Gasteiger partial charge in [-0.3, -0.25) is 14.4 Å². The van der Waals surface area contributed by atoms with Crippen LogP contribution in [-0.4, -0.2) is 35.5 Å². The van der Waals surface area contributed by atoms with E-state index in [9.17, 15) is 19.5 Å². The Hall–Kier alpha value is -2.63. The number of rotatable bonds is 4. The summed E-state index contributed by atoms with van der Waals surface area (Å²) in [4.78, 5) is 38.2. The van der Waals surface area contributed by atoms with Crippen LogP contribution in [0.4, 0.5) is 5.69 Å². The van der Waals surface area contributed by atoms with Crippen LogP contribution in [0.15, 0.2) is 42.5 Å². The molecular formula is C19H20N2O4. The molecule has 0 aromatic heterocycles. The van der Waals surface area contributed by atoms with Gasteiger partial charge in [-0.05, 0) is 30.4 Å². The second-order valence-corrected chi connectivity index (χ2v) is 7.09. The maximum atomic E-state index is 12.7. The zero-order chi connectivity index (χ0) is 17.6. The fraction of sp³-hybridized carbons (Fsp3) is 0.421. The smallest absolute Gasteiger partial charge is 0.307 e. The summed E-state index contributed by atoms with van der Waals surface area (Å²) in [5, 5.41) is 12.4. The number of aliphatic carboxylic acids is 1. The number of allylic oxidation sites excluding steroid dienone is 2. The lowest BCUT2D eigenvalue weighted by atomic mass is 9.82. The molecule has 0 spiro atoms. The predicted molar refractivity (Wildman–Crippen MR) is 90.7 cm³/mol. The second kappa shape index (κ2) is 6.02. The fourth-order valence-electron chi connectivity index (χ4n) is 4.48. The number of nitrogens with one attached hydrogen (secondary N) is 1. The number of anilines is 1. The van der Waals surface area contributed by atoms with Crippen molar-refractivity contribution in [1.82, 2.24) is 5.32 Å². The Morgan fingerprint density at radius 1 is 1.08 bits per heavy atom. The van der Waals surface area contributed by atoms with Crippen molar-refractivity contribution in [3.63, 3.8) is 0 Å². The van der Waals surface area contributed by atoms with Crippen molar-refractivity contribution in [2.24, 2.45) is 23.7 Å². The molecule has 1 aromatic carbocycles. The van der Waals surface area contributed by atoms with E-state index in [4.69, 9.17) is 0 Å². The summed E-state index contributed by atoms with van der Waals surface area (Å²) in [6.45, 7) is 0.420. The number of hydrogen-bond donors (Lipinski definition) is 2. The number of fused-ring (bicyclic) bond motifs is 2. The molecule has 5 atom stereocenters. The van der Waals surface area contributed by atoms with Gasteiger partial charge in [0, 0.05) is 18.7 Å². The van der Waals surface area contributed by atoms with Crippen LogP contribution >= 0.6 is 0 Å². The summed E-state index contributed by atoms with van der Waals surface area (Å²) in [6, 6.07) is 9.07. The normalized spacial score (nSPS) is 33.0. The van der Waals surface area contributed by atoms with E-state index in [0.717, 1.165) is 12.1 Å². The lowest BCUT2D eigenvalue weighted by Gasteiger charge is -2.25. The van der Waals surface area contributed by atoms with Crippen LogP contribution in [0.1, 0.15) is 12.8 Å². The van der Waals surface area contributed by atoms with Crippen LogP contribution in [0.2, 0.25) is 0 Å². The summed E-state index contributed by atoms with van der Waals surface area (Å²) in [5.41, 5.74) is 0.815. The first kappa shape index (κ1) is 15.9. The van der Waals surface area contributed by atoms with Gasteiger partial charge in [0.05, 0.1) is 17.9 Å². The van der Waals surface area contributed by atoms with Gasteiger partial charge < -0.3 is 15.3 Å². The van der Waals surface area contributed by atoms with Crippen LogP contribution in [0.25, 0.3) is 0 Å². The highest BCUT2D eigenvalue weighted by atomic mass is 16.4. The lowest BCUT2D eigenvalue weighted by molar-refractivity contribution is -0.148. The minimum absolute atomic E-state index is 0.00608. The van der Waals surface area contributed by atoms with E-state index in [1.165, 1.54) is 0 Å². The summed E-state index contributed by atoms with van der Waals surface area (Å²) in [6.07, 6.45) is 4.86. The van der Waals surface area contributed by atoms with Crippen LogP contribution < -0.4 is 10.2 Å². The zero-order valence-corrected chi connectivity index (χ0v) is 13.7. The molecule has 6 nitrogen and oxygen atoms in total. The molecule has 4 rings (SSSR count). The van der Waals surface area contributed by atoms with Crippen LogP contribution in [-0.2, 0) is 14.4 Å². The van der Waals surface area contributed by atoms with Crippen molar-refractivity contribution in [3.05, 3.63) is 42.5 Å². The number of amides is 2. The molecule has 1 aliphatic heterocycles. The minimum atomic E-state index is -0.912. The molecule has 2 aliphatic carbocycles. The fourth-order valence-corrected chi connectivity index (χ4v) is 4.48. The maximum absolute atomic E-state index is 12.7. The molecule has 1 aromatic rings. The molecule has 2 fully saturated rings. The monoisotopic (exact) mass is 340 g/mol. The first-order chi connectivity index (χ1) is 12.0. The van der Waals surface area contributed by atoms with Crippen molar-refractivity contribution < 1.29 is 19.5 Å². The topological polar surface area (TPSA) is 86.7 Å². The lowest BCUT2D eigenvalue weighted by Crippen LogP contribution is -2.45. The average molecular weight is 340 g/mol. The second-order valence-electron chi connectivity index (χ2n) is 7.09. The summed E-state index contributed by atoms with van der Waals surface area (Å²) in [7, 11) is 0. The first-order valence-corrected chi connectivity index (χ1v) is 8.61. The highest BCUT2D eigenvalue weighted by molar-refractivity contribution is 5.97. The van der Waals surface area contributed by atoms with Gasteiger partial charge in [-0.15, -0.1) is 0 Å². The SMILES string of the molecule is O=C(O)C1C2C=CC(C2)C1C(=O)NC1CC(=O)N(c2ccccc2)C1. The van der Waals surface area contributed by atoms with Crippen LogP contribution in [0.3, 0.4) is 0 Å². The van der Waals surface area contributed by atoms with E-state index in [2.05, 4.69) is 5.32 Å². The van der Waals surface area contributed by atoms with Crippen molar-refractivity contribution in [3.8, 4) is 0 Å². The summed E-state index contributed by atoms with van der Waals surface area (Å²) < 4.78 is 0. The van der Waals surface area contributed by atoms with Gasteiger partial charge in [-0.1, -0.05) is 30.4 Å². The van der Waals surface area contributed by atoms with Crippen molar-refractivity contribution in [2.45, 2.75) is 18.9 Å².